The Kier molecular flexibility index (Phi) is 5.39. The van der Waals surface area contributed by atoms with Crippen molar-refractivity contribution in [2.24, 2.45) is 0 Å². The summed E-state index contributed by atoms with van der Waals surface area (Å²) in [4.78, 5) is 0. The molecule has 2 aliphatic carbocycles. The second kappa shape index (κ2) is 9.58. The average Bonchev–Trinajstić information content (AvgIpc) is 3.43. The van der Waals surface area contributed by atoms with Crippen molar-refractivity contribution in [1.82, 2.24) is 4.57 Å². The van der Waals surface area contributed by atoms with E-state index in [-0.39, 0.29) is 0 Å². The Morgan fingerprint density at radius 1 is 0.442 bits per heavy atom. The Bertz CT molecular complexity index is 2190. The van der Waals surface area contributed by atoms with Gasteiger partial charge in [-0.2, -0.15) is 0 Å². The lowest BCUT2D eigenvalue weighted by molar-refractivity contribution is 0.722. The molecule has 9 rings (SSSR count). The van der Waals surface area contributed by atoms with Crippen LogP contribution >= 0.6 is 0 Å². The highest BCUT2D eigenvalue weighted by molar-refractivity contribution is 6.09. The zero-order chi connectivity index (χ0) is 28.3. The maximum absolute atomic E-state index is 2.49. The third-order valence-corrected chi connectivity index (χ3v) is 9.39. The van der Waals surface area contributed by atoms with E-state index in [9.17, 15) is 0 Å². The number of benzene rings is 6. The number of hydrogen-bond donors (Lipinski definition) is 0. The second-order valence-corrected chi connectivity index (χ2v) is 11.7. The van der Waals surface area contributed by atoms with Crippen molar-refractivity contribution in [3.05, 3.63) is 181 Å². The van der Waals surface area contributed by atoms with Crippen LogP contribution in [0.25, 0.3) is 55.3 Å². The molecule has 0 spiro atoms. The quantitative estimate of drug-likeness (QED) is 0.207. The first-order valence-corrected chi connectivity index (χ1v) is 15.1. The van der Waals surface area contributed by atoms with Crippen LogP contribution in [-0.2, 0) is 0 Å². The molecule has 202 valence electrons. The highest BCUT2D eigenvalue weighted by Crippen LogP contribution is 2.50. The number of allylic oxidation sites excluding steroid dienone is 4. The zero-order valence-corrected chi connectivity index (χ0v) is 23.7. The first-order valence-electron chi connectivity index (χ1n) is 15.1. The van der Waals surface area contributed by atoms with Crippen molar-refractivity contribution >= 4 is 27.4 Å². The molecule has 1 nitrogen and oxygen atoms in total. The molecule has 0 aliphatic heterocycles. The van der Waals surface area contributed by atoms with Crippen LogP contribution in [0.1, 0.15) is 28.5 Å². The number of aromatic nitrogens is 1. The van der Waals surface area contributed by atoms with Gasteiger partial charge in [-0.05, 0) is 74.8 Å². The fraction of sp³-hybridized carbons (Fsp3) is 0.0476. The normalized spacial score (nSPS) is 16.9. The van der Waals surface area contributed by atoms with E-state index in [4.69, 9.17) is 0 Å². The summed E-state index contributed by atoms with van der Waals surface area (Å²) in [5.41, 5.74) is 14.2. The molecule has 1 aromatic heterocycles. The van der Waals surface area contributed by atoms with Crippen LogP contribution < -0.4 is 0 Å². The molecule has 6 aromatic carbocycles. The molecule has 0 bridgehead atoms. The van der Waals surface area contributed by atoms with E-state index < -0.39 is 0 Å². The Morgan fingerprint density at radius 3 is 1.72 bits per heavy atom. The lowest BCUT2D eigenvalue weighted by atomic mass is 9.69. The SMILES string of the molecule is C1=CC2c3ccccc3-c3ccccc3C2C=C1c1cccc(-c2ccc(-n3c4ccccc4c4ccccc43)cc2)c1. The molecule has 43 heavy (non-hydrogen) atoms. The molecule has 0 fully saturated rings. The molecule has 1 heterocycles. The molecule has 0 N–H and O–H groups in total. The molecule has 7 aromatic rings. The summed E-state index contributed by atoms with van der Waals surface area (Å²) < 4.78 is 2.37. The van der Waals surface area contributed by atoms with Gasteiger partial charge in [0.25, 0.3) is 0 Å². The molecular formula is C42H29N. The molecule has 1 heteroatoms. The smallest absolute Gasteiger partial charge is 0.0541 e. The number of hydrogen-bond acceptors (Lipinski definition) is 0. The van der Waals surface area contributed by atoms with E-state index in [0.717, 1.165) is 0 Å². The zero-order valence-electron chi connectivity index (χ0n) is 23.7. The lowest BCUT2D eigenvalue weighted by Gasteiger charge is -2.35. The number of fused-ring (bicyclic) bond motifs is 9. The van der Waals surface area contributed by atoms with Crippen molar-refractivity contribution in [2.45, 2.75) is 11.8 Å². The van der Waals surface area contributed by atoms with Gasteiger partial charge in [0.05, 0.1) is 11.0 Å². The number of para-hydroxylation sites is 2. The summed E-state index contributed by atoms with van der Waals surface area (Å²) in [6, 6.07) is 53.2. The van der Waals surface area contributed by atoms with Gasteiger partial charge in [0.15, 0.2) is 0 Å². The van der Waals surface area contributed by atoms with E-state index in [1.807, 2.05) is 0 Å². The van der Waals surface area contributed by atoms with Gasteiger partial charge in [-0.15, -0.1) is 0 Å². The van der Waals surface area contributed by atoms with Crippen LogP contribution in [0.4, 0.5) is 0 Å². The Morgan fingerprint density at radius 2 is 1.02 bits per heavy atom. The monoisotopic (exact) mass is 547 g/mol. The predicted octanol–water partition coefficient (Wildman–Crippen LogP) is 11.0. The van der Waals surface area contributed by atoms with Gasteiger partial charge >= 0.3 is 0 Å². The molecule has 0 radical (unpaired) electrons. The number of nitrogens with zero attached hydrogens (tertiary/aromatic N) is 1. The van der Waals surface area contributed by atoms with E-state index in [1.54, 1.807) is 0 Å². The molecule has 2 atom stereocenters. The van der Waals surface area contributed by atoms with Crippen LogP contribution in [0.15, 0.2) is 164 Å². The lowest BCUT2D eigenvalue weighted by Crippen LogP contribution is -2.17. The van der Waals surface area contributed by atoms with Gasteiger partial charge in [-0.3, -0.25) is 0 Å². The molecule has 0 amide bonds. The van der Waals surface area contributed by atoms with Crippen LogP contribution in [0, 0.1) is 0 Å². The minimum Gasteiger partial charge on any atom is -0.309 e. The highest BCUT2D eigenvalue weighted by Gasteiger charge is 2.32. The van der Waals surface area contributed by atoms with Crippen LogP contribution in [0.2, 0.25) is 0 Å². The van der Waals surface area contributed by atoms with Gasteiger partial charge in [0.1, 0.15) is 0 Å². The van der Waals surface area contributed by atoms with Crippen molar-refractivity contribution in [3.63, 3.8) is 0 Å². The minimum absolute atomic E-state index is 0.334. The standard InChI is InChI=1S/C42H29N/c1-2-14-35-33(12-1)34-13-3-4-15-36(34)40-27-31(22-25-37(35)40)30-11-9-10-29(26-30)28-20-23-32(24-21-28)43-41-18-7-5-16-38(41)39-17-6-8-19-42(39)43/h1-27,37,40H. The Balaban J connectivity index is 1.08. The summed E-state index contributed by atoms with van der Waals surface area (Å²) in [6.45, 7) is 0. The maximum Gasteiger partial charge on any atom is 0.0541 e. The van der Waals surface area contributed by atoms with E-state index in [0.29, 0.717) is 11.8 Å². The van der Waals surface area contributed by atoms with Crippen molar-refractivity contribution in [3.8, 4) is 27.9 Å². The van der Waals surface area contributed by atoms with Crippen molar-refractivity contribution in [2.75, 3.05) is 0 Å². The third-order valence-electron chi connectivity index (χ3n) is 9.39. The van der Waals surface area contributed by atoms with E-state index >= 15 is 0 Å². The molecular weight excluding hydrogens is 518 g/mol. The fourth-order valence-corrected chi connectivity index (χ4v) is 7.40. The average molecular weight is 548 g/mol. The number of rotatable bonds is 3. The summed E-state index contributed by atoms with van der Waals surface area (Å²) in [5, 5.41) is 2.57. The highest BCUT2D eigenvalue weighted by atomic mass is 15.0. The Labute approximate surface area is 251 Å². The van der Waals surface area contributed by atoms with Crippen molar-refractivity contribution < 1.29 is 0 Å². The summed E-state index contributed by atoms with van der Waals surface area (Å²) in [5.74, 6) is 0.701. The second-order valence-electron chi connectivity index (χ2n) is 11.7. The molecule has 2 aliphatic rings. The van der Waals surface area contributed by atoms with Crippen LogP contribution in [0.5, 0.6) is 0 Å². The Hall–Kier alpha value is -5.40. The minimum atomic E-state index is 0.334. The third kappa shape index (κ3) is 3.78. The first kappa shape index (κ1) is 24.2. The predicted molar refractivity (Wildman–Crippen MR) is 181 cm³/mol. The fourth-order valence-electron chi connectivity index (χ4n) is 7.40. The van der Waals surface area contributed by atoms with Gasteiger partial charge in [-0.1, -0.05) is 133 Å². The molecule has 2 unspecified atom stereocenters. The maximum atomic E-state index is 2.49. The molecule has 0 saturated heterocycles. The molecule has 0 saturated carbocycles. The first-order chi connectivity index (χ1) is 21.3. The van der Waals surface area contributed by atoms with Gasteiger partial charge in [0.2, 0.25) is 0 Å². The van der Waals surface area contributed by atoms with E-state index in [1.165, 1.54) is 72.0 Å². The van der Waals surface area contributed by atoms with E-state index in [2.05, 4.69) is 168 Å². The van der Waals surface area contributed by atoms with Crippen LogP contribution in [-0.4, -0.2) is 4.57 Å². The summed E-state index contributed by atoms with van der Waals surface area (Å²) in [6.07, 6.45) is 7.24. The van der Waals surface area contributed by atoms with Crippen molar-refractivity contribution in [1.29, 1.82) is 0 Å². The van der Waals surface area contributed by atoms with Gasteiger partial charge in [-0.25, -0.2) is 0 Å². The van der Waals surface area contributed by atoms with Gasteiger partial charge < -0.3 is 4.57 Å². The largest absolute Gasteiger partial charge is 0.309 e. The van der Waals surface area contributed by atoms with Gasteiger partial charge in [0, 0.05) is 28.3 Å². The summed E-state index contributed by atoms with van der Waals surface area (Å²) >= 11 is 0. The van der Waals surface area contributed by atoms with Crippen LogP contribution in [0.3, 0.4) is 0 Å². The summed E-state index contributed by atoms with van der Waals surface area (Å²) in [7, 11) is 0. The topological polar surface area (TPSA) is 4.93 Å².